The summed E-state index contributed by atoms with van der Waals surface area (Å²) in [4.78, 5) is 36.0. The molecule has 0 bridgehead atoms. The summed E-state index contributed by atoms with van der Waals surface area (Å²) in [6.45, 7) is 0.527. The molecule has 2 aromatic rings. The van der Waals surface area contributed by atoms with E-state index in [1.165, 1.54) is 10.5 Å². The van der Waals surface area contributed by atoms with E-state index in [4.69, 9.17) is 5.26 Å². The number of anilines is 1. The fourth-order valence-electron chi connectivity index (χ4n) is 3.26. The molecule has 2 N–H and O–H groups in total. The number of para-hydroxylation sites is 1. The predicted molar refractivity (Wildman–Crippen MR) is 119 cm³/mol. The van der Waals surface area contributed by atoms with Crippen LogP contribution in [0.3, 0.4) is 0 Å². The van der Waals surface area contributed by atoms with Crippen LogP contribution in [0.4, 0.5) is 5.69 Å². The fraction of sp³-hybridized carbons (Fsp3) is 0.333. The van der Waals surface area contributed by atoms with Crippen LogP contribution in [0.25, 0.3) is 0 Å². The smallest absolute Gasteiger partial charge is 0.312 e. The highest BCUT2D eigenvalue weighted by molar-refractivity contribution is 6.35. The van der Waals surface area contributed by atoms with Crippen molar-refractivity contribution in [2.45, 2.75) is 25.3 Å². The first-order chi connectivity index (χ1) is 15.1. The maximum Gasteiger partial charge on any atom is 0.312 e. The number of nitriles is 1. The number of carbonyl (C=O) groups excluding carboxylic acids is 3. The van der Waals surface area contributed by atoms with Crippen LogP contribution < -0.4 is 10.6 Å². The standard InChI is InChI=1S/C17H19N3O3.C7H9N/c18-10-15-9-14(12-21)11-20(15)17(23)16(22)19-8-4-7-13-5-2-1-3-6-13;1-8-7-5-3-2-4-6-7/h1-3,5-6,12,14-15H,4,7-9,11H2,(H,19,22);2-6,8H,1H3. The highest BCUT2D eigenvalue weighted by atomic mass is 16.2. The lowest BCUT2D eigenvalue weighted by Crippen LogP contribution is -2.45. The highest BCUT2D eigenvalue weighted by Crippen LogP contribution is 2.21. The van der Waals surface area contributed by atoms with Crippen LogP contribution in [0, 0.1) is 17.2 Å². The Morgan fingerprint density at radius 2 is 1.77 bits per heavy atom. The lowest BCUT2D eigenvalue weighted by Gasteiger charge is -2.18. The van der Waals surface area contributed by atoms with Gasteiger partial charge in [-0.1, -0.05) is 48.5 Å². The third kappa shape index (κ3) is 7.59. The Bertz CT molecular complexity index is 881. The molecule has 3 rings (SSSR count). The number of nitrogens with one attached hydrogen (secondary N) is 2. The molecule has 2 amide bonds. The maximum absolute atomic E-state index is 12.1. The summed E-state index contributed by atoms with van der Waals surface area (Å²) < 4.78 is 0. The van der Waals surface area contributed by atoms with Crippen molar-refractivity contribution in [2.75, 3.05) is 25.5 Å². The van der Waals surface area contributed by atoms with Crippen molar-refractivity contribution in [3.63, 3.8) is 0 Å². The third-order valence-corrected chi connectivity index (χ3v) is 4.96. The van der Waals surface area contributed by atoms with Crippen LogP contribution >= 0.6 is 0 Å². The van der Waals surface area contributed by atoms with Gasteiger partial charge < -0.3 is 20.3 Å². The molecule has 0 saturated carbocycles. The van der Waals surface area contributed by atoms with Crippen LogP contribution in [-0.2, 0) is 20.8 Å². The number of hydrogen-bond donors (Lipinski definition) is 2. The van der Waals surface area contributed by atoms with Crippen molar-refractivity contribution in [2.24, 2.45) is 5.92 Å². The second kappa shape index (κ2) is 12.8. The number of benzene rings is 2. The minimum Gasteiger partial charge on any atom is -0.388 e. The Labute approximate surface area is 183 Å². The van der Waals surface area contributed by atoms with Crippen LogP contribution in [0.15, 0.2) is 60.7 Å². The van der Waals surface area contributed by atoms with E-state index >= 15 is 0 Å². The van der Waals surface area contributed by atoms with E-state index in [1.807, 2.05) is 73.8 Å². The van der Waals surface area contributed by atoms with Gasteiger partial charge in [-0.25, -0.2) is 0 Å². The monoisotopic (exact) mass is 420 g/mol. The SMILES string of the molecule is CNc1ccccc1.N#CC1CC(C=O)CN1C(=O)C(=O)NCCCc1ccccc1. The summed E-state index contributed by atoms with van der Waals surface area (Å²) in [7, 11) is 1.91. The van der Waals surface area contributed by atoms with Crippen molar-refractivity contribution in [1.82, 2.24) is 10.2 Å². The number of hydrogen-bond acceptors (Lipinski definition) is 5. The molecule has 2 aromatic carbocycles. The zero-order valence-electron chi connectivity index (χ0n) is 17.7. The van der Waals surface area contributed by atoms with Crippen molar-refractivity contribution in [3.05, 3.63) is 66.2 Å². The first kappa shape index (κ1) is 23.6. The maximum atomic E-state index is 12.1. The van der Waals surface area contributed by atoms with Gasteiger partial charge in [-0.2, -0.15) is 5.26 Å². The molecule has 7 heteroatoms. The number of aryl methyl sites for hydroxylation is 1. The molecule has 1 fully saturated rings. The highest BCUT2D eigenvalue weighted by Gasteiger charge is 2.37. The summed E-state index contributed by atoms with van der Waals surface area (Å²) in [5, 5.41) is 14.6. The summed E-state index contributed by atoms with van der Waals surface area (Å²) in [6.07, 6.45) is 2.57. The topological polar surface area (TPSA) is 102 Å². The van der Waals surface area contributed by atoms with E-state index in [0.29, 0.717) is 13.0 Å². The van der Waals surface area contributed by atoms with Gasteiger partial charge in [0.2, 0.25) is 0 Å². The van der Waals surface area contributed by atoms with E-state index in [1.54, 1.807) is 0 Å². The molecule has 0 radical (unpaired) electrons. The molecule has 0 aromatic heterocycles. The summed E-state index contributed by atoms with van der Waals surface area (Å²) >= 11 is 0. The number of nitrogens with zero attached hydrogens (tertiary/aromatic N) is 2. The second-order valence-corrected chi connectivity index (χ2v) is 7.20. The molecule has 1 heterocycles. The summed E-state index contributed by atoms with van der Waals surface area (Å²) in [6, 6.07) is 21.2. The Kier molecular flexibility index (Phi) is 9.76. The zero-order valence-corrected chi connectivity index (χ0v) is 17.7. The fourth-order valence-corrected chi connectivity index (χ4v) is 3.26. The molecular formula is C24H28N4O3. The van der Waals surface area contributed by atoms with E-state index in [9.17, 15) is 14.4 Å². The van der Waals surface area contributed by atoms with Gasteiger partial charge in [0.1, 0.15) is 12.3 Å². The minimum atomic E-state index is -0.736. The lowest BCUT2D eigenvalue weighted by molar-refractivity contribution is -0.145. The van der Waals surface area contributed by atoms with Crippen LogP contribution in [0.2, 0.25) is 0 Å². The number of aldehydes is 1. The van der Waals surface area contributed by atoms with E-state index < -0.39 is 17.9 Å². The van der Waals surface area contributed by atoms with E-state index in [-0.39, 0.29) is 12.5 Å². The Hall–Kier alpha value is -3.66. The molecule has 0 spiro atoms. The predicted octanol–water partition coefficient (Wildman–Crippen LogP) is 2.40. The van der Waals surface area contributed by atoms with E-state index in [0.717, 1.165) is 24.8 Å². The molecule has 2 atom stereocenters. The molecule has 1 aliphatic heterocycles. The third-order valence-electron chi connectivity index (χ3n) is 4.96. The van der Waals surface area contributed by atoms with Gasteiger partial charge in [0.15, 0.2) is 0 Å². The van der Waals surface area contributed by atoms with E-state index in [2.05, 4.69) is 10.6 Å². The van der Waals surface area contributed by atoms with Gasteiger partial charge in [-0.05, 0) is 37.0 Å². The van der Waals surface area contributed by atoms with Gasteiger partial charge >= 0.3 is 11.8 Å². The number of rotatable bonds is 6. The minimum absolute atomic E-state index is 0.137. The normalized spacial score (nSPS) is 17.0. The van der Waals surface area contributed by atoms with Crippen LogP contribution in [0.1, 0.15) is 18.4 Å². The molecular weight excluding hydrogens is 392 g/mol. The number of amides is 2. The van der Waals surface area contributed by atoms with Gasteiger partial charge in [-0.3, -0.25) is 9.59 Å². The second-order valence-electron chi connectivity index (χ2n) is 7.20. The Morgan fingerprint density at radius 1 is 1.13 bits per heavy atom. The van der Waals surface area contributed by atoms with Gasteiger partial charge in [-0.15, -0.1) is 0 Å². The van der Waals surface area contributed by atoms with Crippen LogP contribution in [-0.4, -0.2) is 49.2 Å². The van der Waals surface area contributed by atoms with Crippen molar-refractivity contribution < 1.29 is 14.4 Å². The lowest BCUT2D eigenvalue weighted by atomic mass is 10.1. The zero-order chi connectivity index (χ0) is 22.5. The van der Waals surface area contributed by atoms with Gasteiger partial charge in [0.25, 0.3) is 0 Å². The summed E-state index contributed by atoms with van der Waals surface area (Å²) in [5.74, 6) is -1.82. The first-order valence-electron chi connectivity index (χ1n) is 10.3. The molecule has 7 nitrogen and oxygen atoms in total. The molecule has 2 unspecified atom stereocenters. The molecule has 162 valence electrons. The average Bonchev–Trinajstić information content (AvgIpc) is 3.26. The average molecular weight is 421 g/mol. The first-order valence-corrected chi connectivity index (χ1v) is 10.3. The molecule has 1 saturated heterocycles. The Balaban J connectivity index is 0.000000357. The summed E-state index contributed by atoms with van der Waals surface area (Å²) in [5.41, 5.74) is 2.33. The quantitative estimate of drug-likeness (QED) is 0.424. The van der Waals surface area contributed by atoms with Crippen molar-refractivity contribution >= 4 is 23.8 Å². The molecule has 1 aliphatic rings. The largest absolute Gasteiger partial charge is 0.388 e. The number of carbonyl (C=O) groups is 3. The van der Waals surface area contributed by atoms with Gasteiger partial charge in [0, 0.05) is 31.7 Å². The van der Waals surface area contributed by atoms with Crippen LogP contribution in [0.5, 0.6) is 0 Å². The molecule has 0 aliphatic carbocycles. The van der Waals surface area contributed by atoms with Gasteiger partial charge in [0.05, 0.1) is 6.07 Å². The Morgan fingerprint density at radius 3 is 2.32 bits per heavy atom. The molecule has 31 heavy (non-hydrogen) atoms. The van der Waals surface area contributed by atoms with Crippen molar-refractivity contribution in [1.29, 1.82) is 5.26 Å². The number of likely N-dealkylation sites (tertiary alicyclic amines) is 1. The van der Waals surface area contributed by atoms with Crippen molar-refractivity contribution in [3.8, 4) is 6.07 Å².